The first-order valence-electron chi connectivity index (χ1n) is 7.31. The van der Waals surface area contributed by atoms with Gasteiger partial charge in [0.25, 0.3) is 0 Å². The lowest BCUT2D eigenvalue weighted by atomic mass is 9.91. The molecule has 0 fully saturated rings. The van der Waals surface area contributed by atoms with Crippen LogP contribution in [0.2, 0.25) is 0 Å². The highest BCUT2D eigenvalue weighted by Crippen LogP contribution is 2.45. The van der Waals surface area contributed by atoms with Crippen molar-refractivity contribution in [1.82, 2.24) is 0 Å². The van der Waals surface area contributed by atoms with Crippen molar-refractivity contribution < 1.29 is 9.84 Å². The maximum atomic E-state index is 10.7. The van der Waals surface area contributed by atoms with Crippen LogP contribution in [0, 0.1) is 0 Å². The van der Waals surface area contributed by atoms with E-state index < -0.39 is 6.10 Å². The monoisotopic (exact) mass is 300 g/mol. The van der Waals surface area contributed by atoms with Crippen molar-refractivity contribution in [2.24, 2.45) is 0 Å². The van der Waals surface area contributed by atoms with Crippen LogP contribution >= 0.6 is 11.8 Å². The van der Waals surface area contributed by atoms with Crippen LogP contribution in [0.1, 0.15) is 37.0 Å². The number of ether oxygens (including phenoxy) is 1. The lowest BCUT2D eigenvalue weighted by molar-refractivity contribution is 0.153. The smallest absolute Gasteiger partial charge is 0.119 e. The normalized spacial score (nSPS) is 18.6. The molecule has 2 aromatic rings. The van der Waals surface area contributed by atoms with E-state index in [0.29, 0.717) is 0 Å². The minimum absolute atomic E-state index is 0.166. The number of benzene rings is 2. The van der Waals surface area contributed by atoms with Crippen LogP contribution in [0.15, 0.2) is 53.4 Å². The standard InChI is InChI=1S/C18H20O2S/c1-12(2)20-14-9-7-13(8-10-14)18(19)16-11-21-17-6-4-3-5-15(16)17/h3-10,12,16,18-19H,11H2,1-2H3. The number of hydrogen-bond acceptors (Lipinski definition) is 3. The van der Waals surface area contributed by atoms with Crippen molar-refractivity contribution in [2.45, 2.75) is 36.9 Å². The van der Waals surface area contributed by atoms with Gasteiger partial charge < -0.3 is 9.84 Å². The summed E-state index contributed by atoms with van der Waals surface area (Å²) >= 11 is 1.83. The lowest BCUT2D eigenvalue weighted by Crippen LogP contribution is -2.11. The average Bonchev–Trinajstić information content (AvgIpc) is 2.90. The Balaban J connectivity index is 1.78. The Morgan fingerprint density at radius 1 is 1.10 bits per heavy atom. The van der Waals surface area contributed by atoms with E-state index >= 15 is 0 Å². The van der Waals surface area contributed by atoms with E-state index in [1.165, 1.54) is 10.5 Å². The molecule has 1 heterocycles. The van der Waals surface area contributed by atoms with Gasteiger partial charge in [0.1, 0.15) is 5.75 Å². The van der Waals surface area contributed by atoms with Gasteiger partial charge in [-0.05, 0) is 43.2 Å². The third-order valence-corrected chi connectivity index (χ3v) is 4.92. The third-order valence-electron chi connectivity index (χ3n) is 3.71. The fourth-order valence-electron chi connectivity index (χ4n) is 2.70. The predicted octanol–water partition coefficient (Wildman–Crippen LogP) is 4.40. The predicted molar refractivity (Wildman–Crippen MR) is 87.1 cm³/mol. The second-order valence-electron chi connectivity index (χ2n) is 5.64. The van der Waals surface area contributed by atoms with E-state index in [-0.39, 0.29) is 12.0 Å². The highest BCUT2D eigenvalue weighted by molar-refractivity contribution is 7.99. The van der Waals surface area contributed by atoms with Crippen molar-refractivity contribution in [3.05, 3.63) is 59.7 Å². The van der Waals surface area contributed by atoms with Gasteiger partial charge in [0.15, 0.2) is 0 Å². The van der Waals surface area contributed by atoms with Gasteiger partial charge in [-0.1, -0.05) is 30.3 Å². The molecule has 0 aliphatic carbocycles. The second kappa shape index (κ2) is 6.12. The Hall–Kier alpha value is -1.45. The van der Waals surface area contributed by atoms with Gasteiger partial charge in [0, 0.05) is 16.6 Å². The van der Waals surface area contributed by atoms with E-state index in [4.69, 9.17) is 4.74 Å². The molecule has 0 amide bonds. The minimum atomic E-state index is -0.464. The molecule has 0 spiro atoms. The minimum Gasteiger partial charge on any atom is -0.491 e. The fourth-order valence-corrected chi connectivity index (χ4v) is 3.98. The zero-order valence-electron chi connectivity index (χ0n) is 12.3. The molecule has 1 aliphatic heterocycles. The van der Waals surface area contributed by atoms with Crippen molar-refractivity contribution in [3.63, 3.8) is 0 Å². The van der Waals surface area contributed by atoms with Crippen LogP contribution in [-0.2, 0) is 0 Å². The fraction of sp³-hybridized carbons (Fsp3) is 0.333. The number of aliphatic hydroxyl groups excluding tert-OH is 1. The maximum absolute atomic E-state index is 10.7. The molecule has 0 radical (unpaired) electrons. The van der Waals surface area contributed by atoms with Crippen molar-refractivity contribution in [3.8, 4) is 5.75 Å². The zero-order valence-corrected chi connectivity index (χ0v) is 13.1. The molecule has 2 nitrogen and oxygen atoms in total. The number of aliphatic hydroxyl groups is 1. The maximum Gasteiger partial charge on any atom is 0.119 e. The average molecular weight is 300 g/mol. The molecule has 1 aliphatic rings. The molecule has 1 N–H and O–H groups in total. The van der Waals surface area contributed by atoms with Gasteiger partial charge in [-0.25, -0.2) is 0 Å². The van der Waals surface area contributed by atoms with Crippen molar-refractivity contribution in [2.75, 3.05) is 5.75 Å². The second-order valence-corrected chi connectivity index (χ2v) is 6.70. The number of rotatable bonds is 4. The van der Waals surface area contributed by atoms with Crippen molar-refractivity contribution >= 4 is 11.8 Å². The molecule has 2 atom stereocenters. The third kappa shape index (κ3) is 3.09. The first-order chi connectivity index (χ1) is 10.1. The number of fused-ring (bicyclic) bond motifs is 1. The van der Waals surface area contributed by atoms with Gasteiger partial charge in [-0.3, -0.25) is 0 Å². The summed E-state index contributed by atoms with van der Waals surface area (Å²) in [5, 5.41) is 10.7. The van der Waals surface area contributed by atoms with Crippen molar-refractivity contribution in [1.29, 1.82) is 0 Å². The lowest BCUT2D eigenvalue weighted by Gasteiger charge is -2.19. The van der Waals surface area contributed by atoms with Gasteiger partial charge >= 0.3 is 0 Å². The summed E-state index contributed by atoms with van der Waals surface area (Å²) in [6.07, 6.45) is -0.298. The zero-order chi connectivity index (χ0) is 14.8. The highest BCUT2D eigenvalue weighted by Gasteiger charge is 2.29. The van der Waals surface area contributed by atoms with Gasteiger partial charge in [0.05, 0.1) is 12.2 Å². The molecule has 3 rings (SSSR count). The Bertz CT molecular complexity index is 607. The summed E-state index contributed by atoms with van der Waals surface area (Å²) in [4.78, 5) is 1.29. The van der Waals surface area contributed by atoms with E-state index in [0.717, 1.165) is 17.1 Å². The topological polar surface area (TPSA) is 29.5 Å². The molecule has 0 saturated heterocycles. The van der Waals surface area contributed by atoms with Gasteiger partial charge in [-0.2, -0.15) is 0 Å². The van der Waals surface area contributed by atoms with Crippen LogP contribution < -0.4 is 4.74 Å². The molecular formula is C18H20O2S. The Kier molecular flexibility index (Phi) is 4.22. The molecule has 0 saturated carbocycles. The quantitative estimate of drug-likeness (QED) is 0.907. The molecule has 110 valence electrons. The molecule has 2 unspecified atom stereocenters. The molecule has 3 heteroatoms. The van der Waals surface area contributed by atoms with E-state index in [2.05, 4.69) is 18.2 Å². The molecule has 0 aromatic heterocycles. The summed E-state index contributed by atoms with van der Waals surface area (Å²) in [7, 11) is 0. The Morgan fingerprint density at radius 3 is 2.52 bits per heavy atom. The SMILES string of the molecule is CC(C)Oc1ccc(C(O)C2CSc3ccccc32)cc1. The Morgan fingerprint density at radius 2 is 1.81 bits per heavy atom. The first-order valence-corrected chi connectivity index (χ1v) is 8.30. The van der Waals surface area contributed by atoms with Crippen LogP contribution in [0.3, 0.4) is 0 Å². The van der Waals surface area contributed by atoms with E-state index in [1.807, 2.05) is 55.9 Å². The molecule has 2 aromatic carbocycles. The van der Waals surface area contributed by atoms with Crippen LogP contribution in [0.5, 0.6) is 5.75 Å². The highest BCUT2D eigenvalue weighted by atomic mass is 32.2. The number of hydrogen-bond donors (Lipinski definition) is 1. The summed E-state index contributed by atoms with van der Waals surface area (Å²) in [5.41, 5.74) is 2.21. The van der Waals surface area contributed by atoms with Crippen LogP contribution in [0.4, 0.5) is 0 Å². The largest absolute Gasteiger partial charge is 0.491 e. The van der Waals surface area contributed by atoms with Crippen LogP contribution in [0.25, 0.3) is 0 Å². The molecule has 0 bridgehead atoms. The first kappa shape index (κ1) is 14.5. The van der Waals surface area contributed by atoms with Gasteiger partial charge in [-0.15, -0.1) is 11.8 Å². The summed E-state index contributed by atoms with van der Waals surface area (Å²) in [5.74, 6) is 1.95. The van der Waals surface area contributed by atoms with Gasteiger partial charge in [0.2, 0.25) is 0 Å². The summed E-state index contributed by atoms with van der Waals surface area (Å²) in [6.45, 7) is 4.02. The molecule has 21 heavy (non-hydrogen) atoms. The molecular weight excluding hydrogens is 280 g/mol. The summed E-state index contributed by atoms with van der Waals surface area (Å²) < 4.78 is 5.64. The summed E-state index contributed by atoms with van der Waals surface area (Å²) in [6, 6.07) is 16.2. The number of thioether (sulfide) groups is 1. The van der Waals surface area contributed by atoms with Crippen LogP contribution in [-0.4, -0.2) is 17.0 Å². The van der Waals surface area contributed by atoms with E-state index in [1.54, 1.807) is 0 Å². The van der Waals surface area contributed by atoms with E-state index in [9.17, 15) is 5.11 Å². The Labute approximate surface area is 130 Å².